The standard InChI is InChI=1S/C19H19BrFN3O2S/c20-16-7-6-15(26-16)17(25)23-12-4-5-14(21)13(9-12)19-8-2-1-3-11(19)10-27-18(22)24-19/h4-7,9,11H,1-3,8,10H2,(H2,22,24)(H,23,25). The van der Waals surface area contributed by atoms with Crippen LogP contribution in [0.1, 0.15) is 41.8 Å². The van der Waals surface area contributed by atoms with Crippen molar-refractivity contribution in [2.24, 2.45) is 16.6 Å². The van der Waals surface area contributed by atoms with Crippen LogP contribution in [0.25, 0.3) is 0 Å². The number of carbonyl (C=O) groups is 1. The normalized spacial score (nSPS) is 24.8. The molecule has 1 saturated carbocycles. The van der Waals surface area contributed by atoms with Gasteiger partial charge in [0, 0.05) is 17.0 Å². The topological polar surface area (TPSA) is 80.6 Å². The number of rotatable bonds is 3. The molecule has 0 saturated heterocycles. The van der Waals surface area contributed by atoms with Crippen LogP contribution in [0.15, 0.2) is 44.4 Å². The number of aliphatic imine (C=N–C) groups is 1. The SMILES string of the molecule is NC1=NC2(c3cc(NC(=O)c4ccc(Br)o4)ccc3F)CCCCC2CS1. The Bertz CT molecular complexity index is 916. The first-order valence-corrected chi connectivity index (χ1v) is 10.6. The molecule has 2 aliphatic rings. The maximum absolute atomic E-state index is 14.9. The number of fused-ring (bicyclic) bond motifs is 1. The van der Waals surface area contributed by atoms with Gasteiger partial charge in [0.1, 0.15) is 5.82 Å². The van der Waals surface area contributed by atoms with Gasteiger partial charge in [-0.25, -0.2) is 4.39 Å². The second-order valence-electron chi connectivity index (χ2n) is 6.88. The number of hydrogen-bond acceptors (Lipinski definition) is 5. The molecule has 4 rings (SSSR count). The summed E-state index contributed by atoms with van der Waals surface area (Å²) in [6.45, 7) is 0. The fourth-order valence-electron chi connectivity index (χ4n) is 3.99. The minimum absolute atomic E-state index is 0.179. The quantitative estimate of drug-likeness (QED) is 0.696. The van der Waals surface area contributed by atoms with Crippen LogP contribution < -0.4 is 11.1 Å². The molecule has 142 valence electrons. The van der Waals surface area contributed by atoms with Crippen molar-refractivity contribution in [3.05, 3.63) is 52.1 Å². The molecular formula is C19H19BrFN3O2S. The number of halogens is 2. The van der Waals surface area contributed by atoms with Crippen molar-refractivity contribution in [1.29, 1.82) is 0 Å². The van der Waals surface area contributed by atoms with Gasteiger partial charge in [-0.2, -0.15) is 0 Å². The fourth-order valence-corrected chi connectivity index (χ4v) is 5.34. The largest absolute Gasteiger partial charge is 0.444 e. The van der Waals surface area contributed by atoms with Gasteiger partial charge in [0.15, 0.2) is 15.6 Å². The number of hydrogen-bond donors (Lipinski definition) is 2. The third-order valence-electron chi connectivity index (χ3n) is 5.27. The monoisotopic (exact) mass is 451 g/mol. The van der Waals surface area contributed by atoms with Crippen LogP contribution in [-0.2, 0) is 5.54 Å². The van der Waals surface area contributed by atoms with Gasteiger partial charge >= 0.3 is 0 Å². The van der Waals surface area contributed by atoms with E-state index < -0.39 is 11.4 Å². The Morgan fingerprint density at radius 3 is 3.00 bits per heavy atom. The van der Waals surface area contributed by atoms with Crippen LogP contribution in [0.4, 0.5) is 10.1 Å². The first-order valence-electron chi connectivity index (χ1n) is 8.83. The highest BCUT2D eigenvalue weighted by atomic mass is 79.9. The predicted octanol–water partition coefficient (Wildman–Crippen LogP) is 4.88. The van der Waals surface area contributed by atoms with Crippen molar-refractivity contribution in [3.8, 4) is 0 Å². The molecule has 0 radical (unpaired) electrons. The molecule has 1 fully saturated rings. The highest BCUT2D eigenvalue weighted by Gasteiger charge is 2.46. The lowest BCUT2D eigenvalue weighted by Gasteiger charge is -2.44. The zero-order valence-electron chi connectivity index (χ0n) is 14.5. The molecule has 1 aromatic carbocycles. The number of amides is 1. The third-order valence-corrected chi connectivity index (χ3v) is 6.65. The van der Waals surface area contributed by atoms with E-state index in [0.29, 0.717) is 21.1 Å². The van der Waals surface area contributed by atoms with Gasteiger partial charge in [0.25, 0.3) is 5.91 Å². The van der Waals surface area contributed by atoms with Crippen molar-refractivity contribution in [3.63, 3.8) is 0 Å². The van der Waals surface area contributed by atoms with Crippen LogP contribution in [0, 0.1) is 11.7 Å². The molecule has 0 bridgehead atoms. The lowest BCUT2D eigenvalue weighted by atomic mass is 9.69. The Labute approximate surface area is 169 Å². The van der Waals surface area contributed by atoms with Crippen LogP contribution in [0.5, 0.6) is 0 Å². The molecule has 1 amide bonds. The lowest BCUT2D eigenvalue weighted by molar-refractivity contribution is 0.0995. The second kappa shape index (κ2) is 7.31. The van der Waals surface area contributed by atoms with Gasteiger partial charge in [0.05, 0.1) is 5.54 Å². The molecule has 0 spiro atoms. The van der Waals surface area contributed by atoms with Gasteiger partial charge in [-0.15, -0.1) is 0 Å². The van der Waals surface area contributed by atoms with E-state index in [4.69, 9.17) is 15.1 Å². The highest BCUT2D eigenvalue weighted by molar-refractivity contribution is 9.10. The number of anilines is 1. The van der Waals surface area contributed by atoms with E-state index in [1.54, 1.807) is 24.3 Å². The van der Waals surface area contributed by atoms with Crippen molar-refractivity contribution >= 4 is 44.5 Å². The second-order valence-corrected chi connectivity index (χ2v) is 8.70. The van der Waals surface area contributed by atoms with E-state index in [-0.39, 0.29) is 17.5 Å². The van der Waals surface area contributed by atoms with Crippen molar-refractivity contribution in [2.75, 3.05) is 11.1 Å². The van der Waals surface area contributed by atoms with E-state index >= 15 is 0 Å². The zero-order chi connectivity index (χ0) is 19.0. The van der Waals surface area contributed by atoms with Crippen LogP contribution in [0.3, 0.4) is 0 Å². The Hall–Kier alpha value is -1.80. The molecule has 1 aliphatic heterocycles. The summed E-state index contributed by atoms with van der Waals surface area (Å²) < 4.78 is 20.6. The summed E-state index contributed by atoms with van der Waals surface area (Å²) in [6, 6.07) is 7.85. The highest BCUT2D eigenvalue weighted by Crippen LogP contribution is 2.50. The Morgan fingerprint density at radius 2 is 2.22 bits per heavy atom. The van der Waals surface area contributed by atoms with Crippen molar-refractivity contribution in [1.82, 2.24) is 0 Å². The molecule has 2 unspecified atom stereocenters. The maximum atomic E-state index is 14.9. The van der Waals surface area contributed by atoms with Crippen molar-refractivity contribution in [2.45, 2.75) is 31.2 Å². The molecule has 27 heavy (non-hydrogen) atoms. The van der Waals surface area contributed by atoms with Gasteiger partial charge < -0.3 is 15.5 Å². The van der Waals surface area contributed by atoms with Crippen LogP contribution in [0.2, 0.25) is 0 Å². The number of nitrogens with zero attached hydrogens (tertiary/aromatic N) is 1. The number of carbonyl (C=O) groups excluding carboxylic acids is 1. The summed E-state index contributed by atoms with van der Waals surface area (Å²) in [6.07, 6.45) is 3.86. The van der Waals surface area contributed by atoms with Gasteiger partial charge in [-0.3, -0.25) is 9.79 Å². The van der Waals surface area contributed by atoms with Crippen LogP contribution in [-0.4, -0.2) is 16.8 Å². The number of benzene rings is 1. The molecule has 5 nitrogen and oxygen atoms in total. The summed E-state index contributed by atoms with van der Waals surface area (Å²) in [5, 5.41) is 3.28. The van der Waals surface area contributed by atoms with E-state index in [0.717, 1.165) is 31.4 Å². The predicted molar refractivity (Wildman–Crippen MR) is 108 cm³/mol. The maximum Gasteiger partial charge on any atom is 0.291 e. The number of nitrogens with one attached hydrogen (secondary N) is 1. The summed E-state index contributed by atoms with van der Waals surface area (Å²) in [4.78, 5) is 17.1. The van der Waals surface area contributed by atoms with E-state index in [9.17, 15) is 9.18 Å². The third kappa shape index (κ3) is 3.52. The summed E-state index contributed by atoms with van der Waals surface area (Å²) in [7, 11) is 0. The molecule has 2 heterocycles. The molecule has 2 atom stereocenters. The molecule has 3 N–H and O–H groups in total. The summed E-state index contributed by atoms with van der Waals surface area (Å²) in [5.41, 5.74) is 6.39. The number of thioether (sulfide) groups is 1. The van der Waals surface area contributed by atoms with E-state index in [1.807, 2.05) is 0 Å². The number of nitrogens with two attached hydrogens (primary N) is 1. The molecule has 1 aromatic heterocycles. The van der Waals surface area contributed by atoms with Gasteiger partial charge in [-0.1, -0.05) is 24.6 Å². The van der Waals surface area contributed by atoms with Gasteiger partial charge in [0.2, 0.25) is 0 Å². The average molecular weight is 452 g/mol. The fraction of sp³-hybridized carbons (Fsp3) is 0.368. The Morgan fingerprint density at radius 1 is 1.37 bits per heavy atom. The molecule has 2 aromatic rings. The minimum atomic E-state index is -0.647. The molecule has 1 aliphatic carbocycles. The minimum Gasteiger partial charge on any atom is -0.444 e. The zero-order valence-corrected chi connectivity index (χ0v) is 16.9. The average Bonchev–Trinajstić information content (AvgIpc) is 3.09. The van der Waals surface area contributed by atoms with E-state index in [2.05, 4.69) is 21.2 Å². The first kappa shape index (κ1) is 18.6. The van der Waals surface area contributed by atoms with Crippen LogP contribution >= 0.6 is 27.7 Å². The summed E-state index contributed by atoms with van der Waals surface area (Å²) >= 11 is 4.71. The lowest BCUT2D eigenvalue weighted by Crippen LogP contribution is -2.43. The van der Waals surface area contributed by atoms with E-state index in [1.165, 1.54) is 17.8 Å². The Balaban J connectivity index is 1.69. The molecule has 8 heteroatoms. The van der Waals surface area contributed by atoms with Gasteiger partial charge in [-0.05, 0) is 65.0 Å². The first-order chi connectivity index (χ1) is 13.0. The number of furan rings is 1. The smallest absolute Gasteiger partial charge is 0.291 e. The molecular weight excluding hydrogens is 433 g/mol. The number of amidine groups is 1. The summed E-state index contributed by atoms with van der Waals surface area (Å²) in [5.74, 6) is 0.552. The Kier molecular flexibility index (Phi) is 5.03. The van der Waals surface area contributed by atoms with Crippen molar-refractivity contribution < 1.29 is 13.6 Å².